The Balaban J connectivity index is 1.66. The molecule has 0 atom stereocenters. The van der Waals surface area contributed by atoms with Crippen LogP contribution in [0, 0.1) is 6.92 Å². The summed E-state index contributed by atoms with van der Waals surface area (Å²) < 4.78 is 1.49. The minimum absolute atomic E-state index is 0.126. The van der Waals surface area contributed by atoms with Gasteiger partial charge in [0.1, 0.15) is 0 Å². The number of benzene rings is 2. The van der Waals surface area contributed by atoms with E-state index in [9.17, 15) is 4.79 Å². The van der Waals surface area contributed by atoms with Crippen LogP contribution in [0.5, 0.6) is 0 Å². The molecule has 128 valence electrons. The summed E-state index contributed by atoms with van der Waals surface area (Å²) in [7, 11) is 0. The molecule has 3 rings (SSSR count). The first-order valence-electron chi connectivity index (χ1n) is 7.80. The predicted octanol–water partition coefficient (Wildman–Crippen LogP) is 2.80. The number of nitrogens with one attached hydrogen (secondary N) is 1. The SMILES string of the molecule is Cc1ccc(CNC(=O)c2nnn(Cc3ccc(Cl)cc3)c2N)cc1. The van der Waals surface area contributed by atoms with Crippen LogP contribution in [0.4, 0.5) is 5.82 Å². The van der Waals surface area contributed by atoms with Gasteiger partial charge in [0, 0.05) is 11.6 Å². The van der Waals surface area contributed by atoms with Gasteiger partial charge in [0.25, 0.3) is 5.91 Å². The maximum absolute atomic E-state index is 12.3. The molecular formula is C18H18ClN5O. The Morgan fingerprint density at radius 3 is 2.44 bits per heavy atom. The Morgan fingerprint density at radius 1 is 1.12 bits per heavy atom. The zero-order valence-corrected chi connectivity index (χ0v) is 14.5. The quantitative estimate of drug-likeness (QED) is 0.736. The van der Waals surface area contributed by atoms with E-state index in [4.69, 9.17) is 17.3 Å². The molecular weight excluding hydrogens is 338 g/mol. The number of amides is 1. The van der Waals surface area contributed by atoms with Crippen LogP contribution in [-0.4, -0.2) is 20.9 Å². The van der Waals surface area contributed by atoms with Gasteiger partial charge in [-0.25, -0.2) is 4.68 Å². The van der Waals surface area contributed by atoms with Crippen molar-refractivity contribution in [1.82, 2.24) is 20.3 Å². The number of aromatic nitrogens is 3. The normalized spacial score (nSPS) is 10.6. The fraction of sp³-hybridized carbons (Fsp3) is 0.167. The van der Waals surface area contributed by atoms with E-state index < -0.39 is 0 Å². The van der Waals surface area contributed by atoms with Gasteiger partial charge in [-0.3, -0.25) is 4.79 Å². The first-order valence-corrected chi connectivity index (χ1v) is 8.18. The molecule has 7 heteroatoms. The Bertz CT molecular complexity index is 871. The number of carbonyl (C=O) groups is 1. The van der Waals surface area contributed by atoms with E-state index in [0.717, 1.165) is 11.1 Å². The highest BCUT2D eigenvalue weighted by Crippen LogP contribution is 2.14. The number of carbonyl (C=O) groups excluding carboxylic acids is 1. The van der Waals surface area contributed by atoms with Crippen molar-refractivity contribution in [3.8, 4) is 0 Å². The summed E-state index contributed by atoms with van der Waals surface area (Å²) in [5.74, 6) is -0.114. The molecule has 1 aromatic heterocycles. The first kappa shape index (κ1) is 17.0. The van der Waals surface area contributed by atoms with Crippen molar-refractivity contribution in [2.45, 2.75) is 20.0 Å². The summed E-state index contributed by atoms with van der Waals surface area (Å²) in [5, 5.41) is 11.3. The van der Waals surface area contributed by atoms with E-state index in [1.165, 1.54) is 10.2 Å². The molecule has 2 aromatic carbocycles. The van der Waals surface area contributed by atoms with Crippen molar-refractivity contribution in [3.63, 3.8) is 0 Å². The summed E-state index contributed by atoms with van der Waals surface area (Å²) in [6, 6.07) is 15.3. The molecule has 0 saturated carbocycles. The standard InChI is InChI=1S/C18H18ClN5O/c1-12-2-4-13(5-3-12)10-21-18(25)16-17(20)24(23-22-16)11-14-6-8-15(19)9-7-14/h2-9H,10-11,20H2,1H3,(H,21,25). The molecule has 0 aliphatic heterocycles. The average molecular weight is 356 g/mol. The molecule has 0 aliphatic rings. The van der Waals surface area contributed by atoms with Gasteiger partial charge in [0.15, 0.2) is 11.5 Å². The van der Waals surface area contributed by atoms with E-state index in [1.54, 1.807) is 12.1 Å². The van der Waals surface area contributed by atoms with Gasteiger partial charge in [0.2, 0.25) is 0 Å². The molecule has 1 amide bonds. The zero-order valence-electron chi connectivity index (χ0n) is 13.7. The van der Waals surface area contributed by atoms with Gasteiger partial charge < -0.3 is 11.1 Å². The number of nitrogens with two attached hydrogens (primary N) is 1. The Labute approximate surface area is 150 Å². The van der Waals surface area contributed by atoms with Crippen molar-refractivity contribution in [3.05, 3.63) is 75.9 Å². The zero-order chi connectivity index (χ0) is 17.8. The molecule has 1 heterocycles. The molecule has 3 aromatic rings. The summed E-state index contributed by atoms with van der Waals surface area (Å²) in [5.41, 5.74) is 9.29. The van der Waals surface area contributed by atoms with E-state index in [2.05, 4.69) is 15.6 Å². The highest BCUT2D eigenvalue weighted by Gasteiger charge is 2.17. The number of halogens is 1. The molecule has 25 heavy (non-hydrogen) atoms. The van der Waals surface area contributed by atoms with Gasteiger partial charge in [-0.05, 0) is 30.2 Å². The third-order valence-corrected chi connectivity index (χ3v) is 4.06. The van der Waals surface area contributed by atoms with Gasteiger partial charge in [-0.15, -0.1) is 5.10 Å². The maximum atomic E-state index is 12.3. The lowest BCUT2D eigenvalue weighted by atomic mass is 10.1. The molecule has 0 bridgehead atoms. The topological polar surface area (TPSA) is 85.8 Å². The highest BCUT2D eigenvalue weighted by atomic mass is 35.5. The van der Waals surface area contributed by atoms with Crippen LogP contribution in [0.15, 0.2) is 48.5 Å². The number of rotatable bonds is 5. The second kappa shape index (κ2) is 7.36. The molecule has 6 nitrogen and oxygen atoms in total. The number of hydrogen-bond acceptors (Lipinski definition) is 4. The number of anilines is 1. The molecule has 3 N–H and O–H groups in total. The molecule has 0 radical (unpaired) electrons. The van der Waals surface area contributed by atoms with Crippen molar-refractivity contribution in [2.75, 3.05) is 5.73 Å². The number of nitrogen functional groups attached to an aromatic ring is 1. The van der Waals surface area contributed by atoms with Crippen LogP contribution in [0.1, 0.15) is 27.2 Å². The van der Waals surface area contributed by atoms with Gasteiger partial charge in [0.05, 0.1) is 6.54 Å². The first-order chi connectivity index (χ1) is 12.0. The van der Waals surface area contributed by atoms with Crippen LogP contribution in [-0.2, 0) is 13.1 Å². The summed E-state index contributed by atoms with van der Waals surface area (Å²) in [6.07, 6.45) is 0. The molecule has 0 spiro atoms. The Kier molecular flexibility index (Phi) is 5.00. The third kappa shape index (κ3) is 4.16. The van der Waals surface area contributed by atoms with Crippen LogP contribution >= 0.6 is 11.6 Å². The van der Waals surface area contributed by atoms with Gasteiger partial charge in [-0.2, -0.15) is 0 Å². The van der Waals surface area contributed by atoms with Gasteiger partial charge in [-0.1, -0.05) is 58.8 Å². The number of nitrogens with zero attached hydrogens (tertiary/aromatic N) is 3. The largest absolute Gasteiger partial charge is 0.382 e. The second-order valence-electron chi connectivity index (χ2n) is 5.78. The van der Waals surface area contributed by atoms with Crippen molar-refractivity contribution in [1.29, 1.82) is 0 Å². The van der Waals surface area contributed by atoms with E-state index >= 15 is 0 Å². The lowest BCUT2D eigenvalue weighted by Crippen LogP contribution is -2.24. The maximum Gasteiger partial charge on any atom is 0.275 e. The fourth-order valence-corrected chi connectivity index (χ4v) is 2.46. The lowest BCUT2D eigenvalue weighted by molar-refractivity contribution is 0.0946. The van der Waals surface area contributed by atoms with Crippen molar-refractivity contribution in [2.24, 2.45) is 0 Å². The Hall–Kier alpha value is -2.86. The summed E-state index contributed by atoms with van der Waals surface area (Å²) in [4.78, 5) is 12.3. The monoisotopic (exact) mass is 355 g/mol. The van der Waals surface area contributed by atoms with Crippen LogP contribution in [0.2, 0.25) is 5.02 Å². The summed E-state index contributed by atoms with van der Waals surface area (Å²) >= 11 is 5.87. The minimum Gasteiger partial charge on any atom is -0.382 e. The van der Waals surface area contributed by atoms with Crippen LogP contribution < -0.4 is 11.1 Å². The molecule has 0 fully saturated rings. The average Bonchev–Trinajstić information content (AvgIpc) is 2.97. The number of hydrogen-bond donors (Lipinski definition) is 2. The smallest absolute Gasteiger partial charge is 0.275 e. The van der Waals surface area contributed by atoms with Gasteiger partial charge >= 0.3 is 0 Å². The highest BCUT2D eigenvalue weighted by molar-refractivity contribution is 6.30. The Morgan fingerprint density at radius 2 is 1.76 bits per heavy atom. The fourth-order valence-electron chi connectivity index (χ4n) is 2.33. The molecule has 0 aliphatic carbocycles. The minimum atomic E-state index is -0.347. The predicted molar refractivity (Wildman–Crippen MR) is 97.3 cm³/mol. The van der Waals surface area contributed by atoms with Crippen LogP contribution in [0.3, 0.4) is 0 Å². The van der Waals surface area contributed by atoms with E-state index in [-0.39, 0.29) is 17.4 Å². The molecule has 0 saturated heterocycles. The van der Waals surface area contributed by atoms with Crippen molar-refractivity contribution >= 4 is 23.3 Å². The number of aryl methyl sites for hydroxylation is 1. The summed E-state index contributed by atoms with van der Waals surface area (Å²) in [6.45, 7) is 2.84. The van der Waals surface area contributed by atoms with E-state index in [1.807, 2.05) is 43.3 Å². The molecule has 0 unspecified atom stereocenters. The second-order valence-corrected chi connectivity index (χ2v) is 6.21. The van der Waals surface area contributed by atoms with Crippen molar-refractivity contribution < 1.29 is 4.79 Å². The lowest BCUT2D eigenvalue weighted by Gasteiger charge is -2.06. The third-order valence-electron chi connectivity index (χ3n) is 3.81. The van der Waals surface area contributed by atoms with E-state index in [0.29, 0.717) is 18.1 Å². The van der Waals surface area contributed by atoms with Crippen LogP contribution in [0.25, 0.3) is 0 Å².